The Balaban J connectivity index is 2.42. The lowest BCUT2D eigenvalue weighted by Crippen LogP contribution is -2.17. The van der Waals surface area contributed by atoms with Gasteiger partial charge in [0.25, 0.3) is 0 Å². The van der Waals surface area contributed by atoms with E-state index in [1.54, 1.807) is 0 Å². The molecule has 0 aliphatic heterocycles. The molecule has 0 aromatic carbocycles. The zero-order chi connectivity index (χ0) is 12.7. The molecule has 2 N–H and O–H groups in total. The molecule has 1 amide bonds. The highest BCUT2D eigenvalue weighted by atomic mass is 16.6. The SMILES string of the molecule is O=C(CCCO)N/N=C\c1ccc([N+](=O)[O-])o1. The summed E-state index contributed by atoms with van der Waals surface area (Å²) in [5, 5.41) is 22.3. The third-order valence-corrected chi connectivity index (χ3v) is 1.74. The Labute approximate surface area is 96.1 Å². The number of nitrogens with one attached hydrogen (secondary N) is 1. The molecule has 92 valence electrons. The van der Waals surface area contributed by atoms with Crippen LogP contribution in [-0.4, -0.2) is 28.8 Å². The van der Waals surface area contributed by atoms with Crippen LogP contribution in [0.25, 0.3) is 0 Å². The van der Waals surface area contributed by atoms with Crippen molar-refractivity contribution in [2.45, 2.75) is 12.8 Å². The van der Waals surface area contributed by atoms with E-state index in [1.165, 1.54) is 12.1 Å². The molecule has 0 atom stereocenters. The lowest BCUT2D eigenvalue weighted by molar-refractivity contribution is -0.402. The Morgan fingerprint density at radius 2 is 2.41 bits per heavy atom. The van der Waals surface area contributed by atoms with Crippen molar-refractivity contribution in [1.82, 2.24) is 5.43 Å². The van der Waals surface area contributed by atoms with E-state index in [0.717, 1.165) is 6.21 Å². The predicted octanol–water partition coefficient (Wildman–Crippen LogP) is 0.410. The van der Waals surface area contributed by atoms with Gasteiger partial charge in [0.1, 0.15) is 4.92 Å². The Morgan fingerprint density at radius 1 is 1.65 bits per heavy atom. The van der Waals surface area contributed by atoms with Crippen LogP contribution in [0.5, 0.6) is 0 Å². The number of amides is 1. The molecule has 0 saturated heterocycles. The van der Waals surface area contributed by atoms with Crippen LogP contribution in [0.15, 0.2) is 21.7 Å². The number of carbonyl (C=O) groups excluding carboxylic acids is 1. The summed E-state index contributed by atoms with van der Waals surface area (Å²) in [6.07, 6.45) is 1.67. The molecule has 0 saturated carbocycles. The molecule has 0 fully saturated rings. The minimum Gasteiger partial charge on any atom is -0.400 e. The fraction of sp³-hybridized carbons (Fsp3) is 0.333. The van der Waals surface area contributed by atoms with Gasteiger partial charge in [-0.25, -0.2) is 5.43 Å². The van der Waals surface area contributed by atoms with Gasteiger partial charge in [-0.2, -0.15) is 5.10 Å². The quantitative estimate of drug-likeness (QED) is 0.425. The molecule has 0 aliphatic rings. The summed E-state index contributed by atoms with van der Waals surface area (Å²) in [5.74, 6) is -0.575. The van der Waals surface area contributed by atoms with Crippen LogP contribution < -0.4 is 5.43 Å². The van der Waals surface area contributed by atoms with Crippen LogP contribution in [0.1, 0.15) is 18.6 Å². The van der Waals surface area contributed by atoms with Crippen molar-refractivity contribution >= 4 is 18.0 Å². The summed E-state index contributed by atoms with van der Waals surface area (Å²) in [6.45, 7) is -0.0679. The van der Waals surface area contributed by atoms with Crippen LogP contribution in [0.4, 0.5) is 5.88 Å². The molecular formula is C9H11N3O5. The lowest BCUT2D eigenvalue weighted by atomic mass is 10.3. The molecule has 0 aliphatic carbocycles. The van der Waals surface area contributed by atoms with Crippen molar-refractivity contribution in [3.63, 3.8) is 0 Å². The van der Waals surface area contributed by atoms with Gasteiger partial charge < -0.3 is 9.52 Å². The monoisotopic (exact) mass is 241 g/mol. The van der Waals surface area contributed by atoms with E-state index < -0.39 is 10.8 Å². The van der Waals surface area contributed by atoms with Crippen LogP contribution >= 0.6 is 0 Å². The first-order chi connectivity index (χ1) is 8.13. The van der Waals surface area contributed by atoms with Crippen molar-refractivity contribution in [2.24, 2.45) is 5.10 Å². The van der Waals surface area contributed by atoms with Crippen LogP contribution in [0.2, 0.25) is 0 Å². The maximum Gasteiger partial charge on any atom is 0.433 e. The van der Waals surface area contributed by atoms with Gasteiger partial charge in [0.2, 0.25) is 5.91 Å². The molecule has 0 radical (unpaired) electrons. The second kappa shape index (κ2) is 6.38. The van der Waals surface area contributed by atoms with E-state index in [1.807, 2.05) is 0 Å². The Kier molecular flexibility index (Phi) is 4.82. The summed E-state index contributed by atoms with van der Waals surface area (Å²) >= 11 is 0. The fourth-order valence-electron chi connectivity index (χ4n) is 0.973. The number of aliphatic hydroxyl groups is 1. The van der Waals surface area contributed by atoms with Crippen LogP contribution in [0.3, 0.4) is 0 Å². The first kappa shape index (κ1) is 12.8. The number of hydrogen-bond acceptors (Lipinski definition) is 6. The number of aliphatic hydroxyl groups excluding tert-OH is 1. The molecule has 17 heavy (non-hydrogen) atoms. The highest BCUT2D eigenvalue weighted by Crippen LogP contribution is 2.13. The normalized spacial score (nSPS) is 10.6. The van der Waals surface area contributed by atoms with Crippen LogP contribution in [0, 0.1) is 10.1 Å². The van der Waals surface area contributed by atoms with Gasteiger partial charge in [-0.05, 0) is 12.5 Å². The Morgan fingerprint density at radius 3 is 3.00 bits per heavy atom. The molecule has 1 aromatic rings. The molecule has 1 rings (SSSR count). The highest BCUT2D eigenvalue weighted by molar-refractivity contribution is 5.80. The third kappa shape index (κ3) is 4.43. The molecule has 0 spiro atoms. The van der Waals surface area contributed by atoms with Gasteiger partial charge in [-0.15, -0.1) is 0 Å². The molecule has 8 heteroatoms. The van der Waals surface area contributed by atoms with Crippen molar-refractivity contribution in [1.29, 1.82) is 0 Å². The highest BCUT2D eigenvalue weighted by Gasteiger charge is 2.10. The van der Waals surface area contributed by atoms with Crippen molar-refractivity contribution < 1.29 is 19.2 Å². The van der Waals surface area contributed by atoms with E-state index in [0.29, 0.717) is 6.42 Å². The zero-order valence-electron chi connectivity index (χ0n) is 8.83. The number of nitrogens with zero attached hydrogens (tertiary/aromatic N) is 2. The number of carbonyl (C=O) groups is 1. The second-order valence-electron chi connectivity index (χ2n) is 3.05. The van der Waals surface area contributed by atoms with Crippen LogP contribution in [-0.2, 0) is 4.79 Å². The van der Waals surface area contributed by atoms with E-state index in [4.69, 9.17) is 9.52 Å². The lowest BCUT2D eigenvalue weighted by Gasteiger charge is -1.95. The fourth-order valence-corrected chi connectivity index (χ4v) is 0.973. The molecule has 0 unspecified atom stereocenters. The van der Waals surface area contributed by atoms with Gasteiger partial charge in [-0.3, -0.25) is 14.9 Å². The standard InChI is InChI=1S/C9H11N3O5/c13-5-1-2-8(14)11-10-6-7-3-4-9(17-7)12(15)16/h3-4,6,13H,1-2,5H2,(H,11,14)/b10-6-. The predicted molar refractivity (Wildman–Crippen MR) is 57.4 cm³/mol. The van der Waals surface area contributed by atoms with Gasteiger partial charge in [0.15, 0.2) is 5.76 Å². The van der Waals surface area contributed by atoms with E-state index in [2.05, 4.69) is 10.5 Å². The van der Waals surface area contributed by atoms with Gasteiger partial charge in [-0.1, -0.05) is 0 Å². The second-order valence-corrected chi connectivity index (χ2v) is 3.05. The molecular weight excluding hydrogens is 230 g/mol. The summed E-state index contributed by atoms with van der Waals surface area (Å²) < 4.78 is 4.77. The van der Waals surface area contributed by atoms with Gasteiger partial charge in [0, 0.05) is 13.0 Å². The Hall–Kier alpha value is -2.22. The van der Waals surface area contributed by atoms with Crippen molar-refractivity contribution in [3.05, 3.63) is 28.0 Å². The first-order valence-electron chi connectivity index (χ1n) is 4.80. The van der Waals surface area contributed by atoms with Crippen molar-refractivity contribution in [2.75, 3.05) is 6.61 Å². The smallest absolute Gasteiger partial charge is 0.400 e. The minimum absolute atomic E-state index is 0.0679. The van der Waals surface area contributed by atoms with Gasteiger partial charge >= 0.3 is 5.88 Å². The number of rotatable bonds is 6. The van der Waals surface area contributed by atoms with E-state index in [-0.39, 0.29) is 24.7 Å². The average Bonchev–Trinajstić information content (AvgIpc) is 2.75. The Bertz CT molecular complexity index is 426. The summed E-state index contributed by atoms with van der Waals surface area (Å²) in [5.41, 5.74) is 2.19. The largest absolute Gasteiger partial charge is 0.433 e. The summed E-state index contributed by atoms with van der Waals surface area (Å²) in [6, 6.07) is 2.55. The summed E-state index contributed by atoms with van der Waals surface area (Å²) in [7, 11) is 0. The number of nitro groups is 1. The van der Waals surface area contributed by atoms with Gasteiger partial charge in [0.05, 0.1) is 12.3 Å². The average molecular weight is 241 g/mol. The zero-order valence-corrected chi connectivity index (χ0v) is 8.83. The third-order valence-electron chi connectivity index (χ3n) is 1.74. The van der Waals surface area contributed by atoms with E-state index >= 15 is 0 Å². The maximum atomic E-state index is 11.0. The number of furan rings is 1. The topological polar surface area (TPSA) is 118 Å². The number of hydrazone groups is 1. The van der Waals surface area contributed by atoms with E-state index in [9.17, 15) is 14.9 Å². The summed E-state index contributed by atoms with van der Waals surface area (Å²) in [4.78, 5) is 20.6. The molecule has 0 bridgehead atoms. The molecule has 1 aromatic heterocycles. The number of hydrogen-bond donors (Lipinski definition) is 2. The molecule has 8 nitrogen and oxygen atoms in total. The maximum absolute atomic E-state index is 11.0. The van der Waals surface area contributed by atoms with Crippen molar-refractivity contribution in [3.8, 4) is 0 Å². The first-order valence-corrected chi connectivity index (χ1v) is 4.80. The minimum atomic E-state index is -0.669. The molecule has 1 heterocycles.